The Labute approximate surface area is 192 Å². The molecule has 4 rings (SSSR count). The van der Waals surface area contributed by atoms with Crippen molar-refractivity contribution in [2.75, 3.05) is 40.5 Å². The highest BCUT2D eigenvalue weighted by molar-refractivity contribution is 5.85. The van der Waals surface area contributed by atoms with Gasteiger partial charge in [0.25, 0.3) is 0 Å². The lowest BCUT2D eigenvalue weighted by atomic mass is 9.84. The Balaban J connectivity index is 0.00000272. The highest BCUT2D eigenvalue weighted by Crippen LogP contribution is 2.42. The molecule has 0 bridgehead atoms. The van der Waals surface area contributed by atoms with Crippen LogP contribution in [0.25, 0.3) is 5.57 Å². The zero-order valence-electron chi connectivity index (χ0n) is 18.9. The molecule has 1 unspecified atom stereocenters. The largest absolute Gasteiger partial charge is 0.493 e. The summed E-state index contributed by atoms with van der Waals surface area (Å²) in [5.41, 5.74) is 5.13. The molecule has 2 heterocycles. The van der Waals surface area contributed by atoms with Crippen LogP contribution in [-0.4, -0.2) is 45.4 Å². The first-order chi connectivity index (χ1) is 14.6. The molecule has 31 heavy (non-hydrogen) atoms. The van der Waals surface area contributed by atoms with Crippen LogP contribution in [0, 0.1) is 0 Å². The van der Waals surface area contributed by atoms with Crippen molar-refractivity contribution in [3.05, 3.63) is 65.2 Å². The Kier molecular flexibility index (Phi) is 8.04. The average molecular weight is 444 g/mol. The lowest BCUT2D eigenvalue weighted by Gasteiger charge is -2.37. The fraction of sp³-hybridized carbons (Fsp3) is 0.462. The summed E-state index contributed by atoms with van der Waals surface area (Å²) in [4.78, 5) is 2.55. The zero-order chi connectivity index (χ0) is 21.0. The molecule has 1 atom stereocenters. The number of halogens is 1. The molecule has 5 heteroatoms. The third kappa shape index (κ3) is 5.25. The van der Waals surface area contributed by atoms with Crippen molar-refractivity contribution in [3.63, 3.8) is 0 Å². The Morgan fingerprint density at radius 1 is 1.03 bits per heavy atom. The highest BCUT2D eigenvalue weighted by Gasteiger charge is 2.34. The molecule has 0 saturated heterocycles. The number of benzene rings is 2. The maximum Gasteiger partial charge on any atom is 0.161 e. The van der Waals surface area contributed by atoms with E-state index in [1.54, 1.807) is 14.2 Å². The van der Waals surface area contributed by atoms with Crippen molar-refractivity contribution >= 4 is 18.0 Å². The molecule has 0 spiro atoms. The highest BCUT2D eigenvalue weighted by atomic mass is 35.5. The monoisotopic (exact) mass is 443 g/mol. The van der Waals surface area contributed by atoms with Crippen LogP contribution in [0.5, 0.6) is 11.5 Å². The van der Waals surface area contributed by atoms with Crippen molar-refractivity contribution in [1.82, 2.24) is 4.90 Å². The molecule has 2 aliphatic rings. The maximum atomic E-state index is 6.30. The fourth-order valence-electron chi connectivity index (χ4n) is 4.76. The number of ether oxygens (including phenoxy) is 3. The summed E-state index contributed by atoms with van der Waals surface area (Å²) in [6.07, 6.45) is 6.55. The molecule has 2 aromatic carbocycles. The lowest BCUT2D eigenvalue weighted by molar-refractivity contribution is -0.0547. The molecule has 0 aliphatic carbocycles. The van der Waals surface area contributed by atoms with E-state index in [1.807, 2.05) is 0 Å². The molecule has 2 aliphatic heterocycles. The molecule has 2 aromatic rings. The van der Waals surface area contributed by atoms with Crippen molar-refractivity contribution in [3.8, 4) is 11.5 Å². The predicted molar refractivity (Wildman–Crippen MR) is 129 cm³/mol. The molecular weight excluding hydrogens is 410 g/mol. The van der Waals surface area contributed by atoms with E-state index in [2.05, 4.69) is 60.4 Å². The van der Waals surface area contributed by atoms with E-state index >= 15 is 0 Å². The Morgan fingerprint density at radius 3 is 2.45 bits per heavy atom. The molecular formula is C26H34ClNO3. The van der Waals surface area contributed by atoms with Crippen molar-refractivity contribution in [1.29, 1.82) is 0 Å². The van der Waals surface area contributed by atoms with Gasteiger partial charge in [0.05, 0.1) is 26.4 Å². The van der Waals surface area contributed by atoms with Crippen molar-refractivity contribution < 1.29 is 14.2 Å². The van der Waals surface area contributed by atoms with Crippen molar-refractivity contribution in [2.24, 2.45) is 0 Å². The van der Waals surface area contributed by atoms with E-state index < -0.39 is 0 Å². The Bertz CT molecular complexity index is 899. The molecule has 0 radical (unpaired) electrons. The second-order valence-electron chi connectivity index (χ2n) is 8.44. The Morgan fingerprint density at radius 2 is 1.77 bits per heavy atom. The van der Waals surface area contributed by atoms with E-state index in [-0.39, 0.29) is 18.0 Å². The number of fused-ring (bicyclic) bond motifs is 1. The molecule has 0 fully saturated rings. The van der Waals surface area contributed by atoms with Crippen LogP contribution >= 0.6 is 12.4 Å². The normalized spacial score (nSPS) is 20.9. The smallest absolute Gasteiger partial charge is 0.161 e. The average Bonchev–Trinajstić information content (AvgIpc) is 2.79. The minimum Gasteiger partial charge on any atom is -0.493 e. The molecule has 0 saturated carbocycles. The first-order valence-corrected chi connectivity index (χ1v) is 11.0. The topological polar surface area (TPSA) is 30.9 Å². The first kappa shape index (κ1) is 23.6. The second-order valence-corrected chi connectivity index (χ2v) is 8.44. The summed E-state index contributed by atoms with van der Waals surface area (Å²) in [5.74, 6) is 1.58. The SMILES string of the molecule is COc1cc2c(cc1OC)C(C)(CCCN1CC=C(c3ccccc3)CC1)OCC2.Cl. The van der Waals surface area contributed by atoms with Crippen LogP contribution in [0.4, 0.5) is 0 Å². The molecule has 168 valence electrons. The summed E-state index contributed by atoms with van der Waals surface area (Å²) < 4.78 is 17.3. The van der Waals surface area contributed by atoms with Crippen LogP contribution in [0.1, 0.15) is 42.9 Å². The van der Waals surface area contributed by atoms with Crippen molar-refractivity contribution in [2.45, 2.75) is 38.2 Å². The van der Waals surface area contributed by atoms with E-state index in [9.17, 15) is 0 Å². The standard InChI is InChI=1S/C26H33NO3.ClH/c1-26(23-19-25(29-3)24(28-2)18-22(23)12-17-30-26)13-7-14-27-15-10-21(11-16-27)20-8-5-4-6-9-20;/h4-6,8-10,18-19H,7,11-17H2,1-3H3;1H. The fourth-order valence-corrected chi connectivity index (χ4v) is 4.76. The van der Waals surface area contributed by atoms with Gasteiger partial charge in [0.15, 0.2) is 11.5 Å². The van der Waals surface area contributed by atoms with Crippen LogP contribution in [0.2, 0.25) is 0 Å². The first-order valence-electron chi connectivity index (χ1n) is 11.0. The minimum atomic E-state index is -0.270. The second kappa shape index (κ2) is 10.5. The van der Waals surface area contributed by atoms with Gasteiger partial charge in [-0.05, 0) is 73.5 Å². The van der Waals surface area contributed by atoms with Gasteiger partial charge in [-0.3, -0.25) is 4.90 Å². The van der Waals surface area contributed by atoms with E-state index in [0.717, 1.165) is 63.4 Å². The summed E-state index contributed by atoms with van der Waals surface area (Å²) in [6, 6.07) is 15.0. The number of methoxy groups -OCH3 is 2. The Hall–Kier alpha value is -2.01. The third-order valence-corrected chi connectivity index (χ3v) is 6.54. The van der Waals surface area contributed by atoms with Gasteiger partial charge in [-0.1, -0.05) is 36.4 Å². The van der Waals surface area contributed by atoms with Gasteiger partial charge in [0, 0.05) is 13.1 Å². The lowest BCUT2D eigenvalue weighted by Crippen LogP contribution is -2.35. The van der Waals surface area contributed by atoms with Gasteiger partial charge < -0.3 is 14.2 Å². The third-order valence-electron chi connectivity index (χ3n) is 6.54. The maximum absolute atomic E-state index is 6.30. The van der Waals surface area contributed by atoms with Crippen LogP contribution < -0.4 is 9.47 Å². The van der Waals surface area contributed by atoms with Gasteiger partial charge in [-0.2, -0.15) is 0 Å². The summed E-state index contributed by atoms with van der Waals surface area (Å²) in [7, 11) is 3.39. The van der Waals surface area contributed by atoms with Crippen LogP contribution in [-0.2, 0) is 16.8 Å². The number of rotatable bonds is 7. The summed E-state index contributed by atoms with van der Waals surface area (Å²) >= 11 is 0. The predicted octanol–water partition coefficient (Wildman–Crippen LogP) is 5.48. The van der Waals surface area contributed by atoms with Gasteiger partial charge in [0.1, 0.15) is 0 Å². The van der Waals surface area contributed by atoms with Gasteiger partial charge in [-0.25, -0.2) is 0 Å². The van der Waals surface area contributed by atoms with Crippen LogP contribution in [0.3, 0.4) is 0 Å². The summed E-state index contributed by atoms with van der Waals surface area (Å²) in [6.45, 7) is 6.23. The van der Waals surface area contributed by atoms with E-state index in [1.165, 1.54) is 22.3 Å². The quantitative estimate of drug-likeness (QED) is 0.566. The number of hydrogen-bond donors (Lipinski definition) is 0. The molecule has 0 N–H and O–H groups in total. The minimum absolute atomic E-state index is 0. The van der Waals surface area contributed by atoms with Gasteiger partial charge in [-0.15, -0.1) is 12.4 Å². The van der Waals surface area contributed by atoms with E-state index in [0.29, 0.717) is 0 Å². The zero-order valence-corrected chi connectivity index (χ0v) is 19.7. The number of hydrogen-bond acceptors (Lipinski definition) is 4. The van der Waals surface area contributed by atoms with E-state index in [4.69, 9.17) is 14.2 Å². The molecule has 0 aromatic heterocycles. The van der Waals surface area contributed by atoms with Gasteiger partial charge >= 0.3 is 0 Å². The van der Waals surface area contributed by atoms with Crippen LogP contribution in [0.15, 0.2) is 48.5 Å². The number of nitrogens with zero attached hydrogens (tertiary/aromatic N) is 1. The van der Waals surface area contributed by atoms with Gasteiger partial charge in [0.2, 0.25) is 0 Å². The molecule has 4 nitrogen and oxygen atoms in total. The molecule has 0 amide bonds. The summed E-state index contributed by atoms with van der Waals surface area (Å²) in [5, 5.41) is 0.